The zero-order chi connectivity index (χ0) is 17.1. The van der Waals surface area contributed by atoms with Crippen LogP contribution in [0.1, 0.15) is 12.8 Å². The fourth-order valence-electron chi connectivity index (χ4n) is 3.25. The van der Waals surface area contributed by atoms with Crippen LogP contribution in [0, 0.1) is 5.92 Å². The monoisotopic (exact) mass is 327 g/mol. The Labute approximate surface area is 141 Å². The Bertz CT molecular complexity index is 757. The molecule has 0 N–H and O–H groups in total. The second-order valence-electron chi connectivity index (χ2n) is 6.00. The number of methoxy groups -OCH3 is 1. The molecule has 1 aliphatic heterocycles. The molecule has 1 aromatic carbocycles. The topological polar surface area (TPSA) is 62.7 Å². The number of hydrogen-bond acceptors (Lipinski definition) is 4. The minimum atomic E-state index is -0.371. The van der Waals surface area contributed by atoms with Crippen molar-refractivity contribution >= 4 is 28.6 Å². The third-order valence-electron chi connectivity index (χ3n) is 4.52. The molecule has 1 aromatic heterocycles. The maximum Gasteiger partial charge on any atom is 0.409 e. The first-order chi connectivity index (χ1) is 11.6. The van der Waals surface area contributed by atoms with E-state index in [-0.39, 0.29) is 17.9 Å². The lowest BCUT2D eigenvalue weighted by molar-refractivity contribution is -0.123. The lowest BCUT2D eigenvalue weighted by Gasteiger charge is -2.33. The highest BCUT2D eigenvalue weighted by molar-refractivity contribution is 6.03. The fraction of sp³-hybridized carbons (Fsp3) is 0.389. The second-order valence-corrected chi connectivity index (χ2v) is 6.00. The first-order valence-corrected chi connectivity index (χ1v) is 8.06. The SMILES string of the molecule is COC(=O)N1CCCC(C(=O)N(C)c2cccc3ncccc23)C1. The van der Waals surface area contributed by atoms with Gasteiger partial charge >= 0.3 is 6.09 Å². The summed E-state index contributed by atoms with van der Waals surface area (Å²) in [4.78, 5) is 32.3. The van der Waals surface area contributed by atoms with Gasteiger partial charge in [0.1, 0.15) is 0 Å². The zero-order valence-electron chi connectivity index (χ0n) is 13.9. The molecule has 24 heavy (non-hydrogen) atoms. The minimum Gasteiger partial charge on any atom is -0.453 e. The van der Waals surface area contributed by atoms with Crippen LogP contribution in [0.15, 0.2) is 36.5 Å². The summed E-state index contributed by atoms with van der Waals surface area (Å²) < 4.78 is 4.77. The van der Waals surface area contributed by atoms with Crippen LogP contribution in [0.5, 0.6) is 0 Å². The highest BCUT2D eigenvalue weighted by Crippen LogP contribution is 2.27. The van der Waals surface area contributed by atoms with E-state index in [0.29, 0.717) is 13.1 Å². The Morgan fingerprint density at radius 3 is 2.92 bits per heavy atom. The van der Waals surface area contributed by atoms with E-state index in [4.69, 9.17) is 4.74 Å². The molecule has 1 fully saturated rings. The van der Waals surface area contributed by atoms with Crippen LogP contribution in [0.4, 0.5) is 10.5 Å². The van der Waals surface area contributed by atoms with Crippen molar-refractivity contribution < 1.29 is 14.3 Å². The van der Waals surface area contributed by atoms with Crippen molar-refractivity contribution in [2.45, 2.75) is 12.8 Å². The number of anilines is 1. The largest absolute Gasteiger partial charge is 0.453 e. The van der Waals surface area contributed by atoms with Crippen molar-refractivity contribution in [3.8, 4) is 0 Å². The second kappa shape index (κ2) is 6.86. The number of aromatic nitrogens is 1. The normalized spacial score (nSPS) is 17.6. The van der Waals surface area contributed by atoms with Crippen LogP contribution in [0.25, 0.3) is 10.9 Å². The van der Waals surface area contributed by atoms with E-state index in [1.165, 1.54) is 7.11 Å². The van der Waals surface area contributed by atoms with E-state index in [0.717, 1.165) is 29.4 Å². The molecule has 0 radical (unpaired) electrons. The molecule has 3 rings (SSSR count). The Balaban J connectivity index is 1.82. The van der Waals surface area contributed by atoms with Crippen LogP contribution >= 0.6 is 0 Å². The van der Waals surface area contributed by atoms with Gasteiger partial charge in [0.25, 0.3) is 0 Å². The molecule has 2 amide bonds. The highest BCUT2D eigenvalue weighted by atomic mass is 16.5. The number of carbonyl (C=O) groups is 2. The summed E-state index contributed by atoms with van der Waals surface area (Å²) in [7, 11) is 3.14. The molecule has 1 aliphatic rings. The van der Waals surface area contributed by atoms with Gasteiger partial charge in [-0.15, -0.1) is 0 Å². The maximum absolute atomic E-state index is 12.9. The van der Waals surface area contributed by atoms with E-state index in [1.54, 1.807) is 23.0 Å². The molecule has 126 valence electrons. The molecule has 1 atom stereocenters. The van der Waals surface area contributed by atoms with Crippen molar-refractivity contribution in [1.29, 1.82) is 0 Å². The number of amides is 2. The fourth-order valence-corrected chi connectivity index (χ4v) is 3.25. The summed E-state index contributed by atoms with van der Waals surface area (Å²) >= 11 is 0. The predicted octanol–water partition coefficient (Wildman–Crippen LogP) is 2.68. The van der Waals surface area contributed by atoms with Crippen molar-refractivity contribution in [2.75, 3.05) is 32.1 Å². The molecular weight excluding hydrogens is 306 g/mol. The maximum atomic E-state index is 12.9. The summed E-state index contributed by atoms with van der Waals surface area (Å²) in [6.07, 6.45) is 2.95. The molecule has 1 saturated heterocycles. The van der Waals surface area contributed by atoms with Crippen LogP contribution in [-0.4, -0.2) is 49.1 Å². The van der Waals surface area contributed by atoms with Gasteiger partial charge in [-0.3, -0.25) is 9.78 Å². The van der Waals surface area contributed by atoms with Crippen molar-refractivity contribution in [3.63, 3.8) is 0 Å². The lowest BCUT2D eigenvalue weighted by atomic mass is 9.96. The summed E-state index contributed by atoms with van der Waals surface area (Å²) in [6, 6.07) is 9.57. The first-order valence-electron chi connectivity index (χ1n) is 8.06. The third kappa shape index (κ3) is 3.04. The van der Waals surface area contributed by atoms with E-state index in [2.05, 4.69) is 4.98 Å². The van der Waals surface area contributed by atoms with Crippen molar-refractivity contribution in [1.82, 2.24) is 9.88 Å². The van der Waals surface area contributed by atoms with Gasteiger partial charge < -0.3 is 14.5 Å². The molecule has 2 aromatic rings. The van der Waals surface area contributed by atoms with Gasteiger partial charge in [-0.25, -0.2) is 4.79 Å². The molecule has 2 heterocycles. The first kappa shape index (κ1) is 16.2. The molecule has 1 unspecified atom stereocenters. The third-order valence-corrected chi connectivity index (χ3v) is 4.52. The molecule has 6 heteroatoms. The average molecular weight is 327 g/mol. The number of benzene rings is 1. The van der Waals surface area contributed by atoms with Gasteiger partial charge in [0, 0.05) is 31.7 Å². The highest BCUT2D eigenvalue weighted by Gasteiger charge is 2.31. The number of carbonyl (C=O) groups excluding carboxylic acids is 2. The van der Waals surface area contributed by atoms with E-state index in [1.807, 2.05) is 30.3 Å². The number of likely N-dealkylation sites (tertiary alicyclic amines) is 1. The van der Waals surface area contributed by atoms with Crippen molar-refractivity contribution in [3.05, 3.63) is 36.5 Å². The van der Waals surface area contributed by atoms with E-state index in [9.17, 15) is 9.59 Å². The Kier molecular flexibility index (Phi) is 4.64. The minimum absolute atomic E-state index is 0.0138. The summed E-state index contributed by atoms with van der Waals surface area (Å²) in [6.45, 7) is 1.04. The van der Waals surface area contributed by atoms with Gasteiger partial charge in [-0.1, -0.05) is 6.07 Å². The van der Waals surface area contributed by atoms with Crippen LogP contribution in [0.3, 0.4) is 0 Å². The average Bonchev–Trinajstić information content (AvgIpc) is 2.65. The van der Waals surface area contributed by atoms with Gasteiger partial charge in [0.2, 0.25) is 5.91 Å². The predicted molar refractivity (Wildman–Crippen MR) is 91.9 cm³/mol. The Hall–Kier alpha value is -2.63. The summed E-state index contributed by atoms with van der Waals surface area (Å²) in [5, 5.41) is 0.941. The van der Waals surface area contributed by atoms with Crippen LogP contribution in [-0.2, 0) is 9.53 Å². The number of pyridine rings is 1. The van der Waals surface area contributed by atoms with Gasteiger partial charge in [-0.2, -0.15) is 0 Å². The molecule has 0 spiro atoms. The van der Waals surface area contributed by atoms with Crippen LogP contribution < -0.4 is 4.90 Å². The number of piperidine rings is 1. The Morgan fingerprint density at radius 2 is 2.12 bits per heavy atom. The van der Waals surface area contributed by atoms with Crippen molar-refractivity contribution in [2.24, 2.45) is 5.92 Å². The summed E-state index contributed by atoms with van der Waals surface area (Å²) in [5.74, 6) is -0.199. The number of ether oxygens (including phenoxy) is 1. The lowest BCUT2D eigenvalue weighted by Crippen LogP contribution is -2.46. The van der Waals surface area contributed by atoms with E-state index >= 15 is 0 Å². The van der Waals surface area contributed by atoms with Gasteiger partial charge in [0.15, 0.2) is 0 Å². The quantitative estimate of drug-likeness (QED) is 0.851. The van der Waals surface area contributed by atoms with Crippen LogP contribution in [0.2, 0.25) is 0 Å². The standard InChI is InChI=1S/C18H21N3O3/c1-20(16-9-3-8-15-14(16)7-4-10-19-15)17(22)13-6-5-11-21(12-13)18(23)24-2/h3-4,7-10,13H,5-6,11-12H2,1-2H3. The number of hydrogen-bond donors (Lipinski definition) is 0. The summed E-state index contributed by atoms with van der Waals surface area (Å²) in [5.41, 5.74) is 1.69. The zero-order valence-corrected chi connectivity index (χ0v) is 13.9. The molecule has 6 nitrogen and oxygen atoms in total. The van der Waals surface area contributed by atoms with Gasteiger partial charge in [0.05, 0.1) is 24.2 Å². The number of nitrogens with zero attached hydrogens (tertiary/aromatic N) is 3. The number of fused-ring (bicyclic) bond motifs is 1. The van der Waals surface area contributed by atoms with E-state index < -0.39 is 0 Å². The smallest absolute Gasteiger partial charge is 0.409 e. The van der Waals surface area contributed by atoms with Gasteiger partial charge in [-0.05, 0) is 37.1 Å². The molecule has 0 bridgehead atoms. The Morgan fingerprint density at radius 1 is 1.29 bits per heavy atom. The molecular formula is C18H21N3O3. The molecule has 0 saturated carbocycles. The molecule has 0 aliphatic carbocycles. The number of rotatable bonds is 2.